The van der Waals surface area contributed by atoms with Gasteiger partial charge < -0.3 is 19.3 Å². The third-order valence-electron chi connectivity index (χ3n) is 7.31. The monoisotopic (exact) mass is 560 g/mol. The van der Waals surface area contributed by atoms with E-state index in [-0.39, 0.29) is 6.42 Å². The fourth-order valence-electron chi connectivity index (χ4n) is 5.31. The summed E-state index contributed by atoms with van der Waals surface area (Å²) in [6.07, 6.45) is -1.34. The molecule has 1 aromatic heterocycles. The minimum Gasteiger partial charge on any atom is -0.390 e. The molecule has 0 radical (unpaired) electrons. The van der Waals surface area contributed by atoms with E-state index in [1.165, 1.54) is 36.7 Å². The molecule has 0 aliphatic carbocycles. The van der Waals surface area contributed by atoms with Gasteiger partial charge in [-0.2, -0.15) is 0 Å². The summed E-state index contributed by atoms with van der Waals surface area (Å²) < 4.78 is 19.1. The van der Waals surface area contributed by atoms with Gasteiger partial charge in [0.25, 0.3) is 5.56 Å². The van der Waals surface area contributed by atoms with Crippen LogP contribution in [0.2, 0.25) is 0 Å². The lowest BCUT2D eigenvalue weighted by molar-refractivity contribution is -0.223. The van der Waals surface area contributed by atoms with Crippen LogP contribution in [0.1, 0.15) is 34.9 Å². The second-order valence-electron chi connectivity index (χ2n) is 9.69. The number of methoxy groups -OCH3 is 2. The summed E-state index contributed by atoms with van der Waals surface area (Å²) in [5.74, 6) is 0. The number of aromatic amines is 1. The van der Waals surface area contributed by atoms with Crippen molar-refractivity contribution in [3.05, 3.63) is 140 Å². The highest BCUT2D eigenvalue weighted by Crippen LogP contribution is 2.56. The Balaban J connectivity index is 1.66. The number of aliphatic hydroxyl groups excluding tert-OH is 1. The summed E-state index contributed by atoms with van der Waals surface area (Å²) in [6.45, 7) is 1.61. The lowest BCUT2D eigenvalue weighted by Crippen LogP contribution is -2.51. The molecule has 3 atom stereocenters. The first-order valence-electron chi connectivity index (χ1n) is 13.0. The maximum absolute atomic E-state index is 12.6. The smallest absolute Gasteiger partial charge is 0.330 e. The van der Waals surface area contributed by atoms with E-state index in [4.69, 9.17) is 14.2 Å². The van der Waals surface area contributed by atoms with Gasteiger partial charge in [-0.1, -0.05) is 103 Å². The molecule has 5 rings (SSSR count). The van der Waals surface area contributed by atoms with Crippen molar-refractivity contribution in [1.82, 2.24) is 9.55 Å². The van der Waals surface area contributed by atoms with Gasteiger partial charge in [0.1, 0.15) is 6.23 Å². The molecule has 0 unspecified atom stereocenters. The quantitative estimate of drug-likeness (QED) is 0.234. The fourth-order valence-corrected chi connectivity index (χ4v) is 6.99. The molecule has 4 aromatic rings. The van der Waals surface area contributed by atoms with Gasteiger partial charge in [0, 0.05) is 32.4 Å². The van der Waals surface area contributed by atoms with Gasteiger partial charge in [-0.3, -0.25) is 14.3 Å². The van der Waals surface area contributed by atoms with Crippen molar-refractivity contribution < 1.29 is 19.3 Å². The third-order valence-corrected chi connectivity index (χ3v) is 9.17. The van der Waals surface area contributed by atoms with Crippen LogP contribution < -0.4 is 11.2 Å². The van der Waals surface area contributed by atoms with Gasteiger partial charge in [-0.25, -0.2) is 4.79 Å². The normalized spacial score (nSPS) is 19.6. The van der Waals surface area contributed by atoms with Gasteiger partial charge in [0.15, 0.2) is 6.10 Å². The number of rotatable bonds is 9. The van der Waals surface area contributed by atoms with E-state index in [2.05, 4.69) is 41.4 Å². The lowest BCUT2D eigenvalue weighted by Gasteiger charge is -2.45. The number of thioether (sulfide) groups is 1. The molecule has 0 bridgehead atoms. The molecule has 3 aromatic carbocycles. The highest BCUT2D eigenvalue weighted by Gasteiger charge is 2.56. The van der Waals surface area contributed by atoms with Gasteiger partial charge >= 0.3 is 5.69 Å². The molecule has 1 aliphatic rings. The van der Waals surface area contributed by atoms with Crippen molar-refractivity contribution in [2.45, 2.75) is 41.6 Å². The second kappa shape index (κ2) is 11.6. The highest BCUT2D eigenvalue weighted by molar-refractivity contribution is 8.01. The average Bonchev–Trinajstić information content (AvgIpc) is 3.39. The molecule has 9 heteroatoms. The summed E-state index contributed by atoms with van der Waals surface area (Å²) >= 11 is 1.38. The van der Waals surface area contributed by atoms with Crippen molar-refractivity contribution in [2.24, 2.45) is 0 Å². The molecule has 40 heavy (non-hydrogen) atoms. The van der Waals surface area contributed by atoms with Gasteiger partial charge in [-0.15, -0.1) is 0 Å². The zero-order valence-corrected chi connectivity index (χ0v) is 23.3. The number of aliphatic hydroxyl groups is 1. The van der Waals surface area contributed by atoms with Crippen LogP contribution in [0.15, 0.2) is 107 Å². The van der Waals surface area contributed by atoms with Crippen molar-refractivity contribution in [1.29, 1.82) is 0 Å². The third kappa shape index (κ3) is 4.95. The summed E-state index contributed by atoms with van der Waals surface area (Å²) in [7, 11) is 3.03. The van der Waals surface area contributed by atoms with Crippen molar-refractivity contribution in [3.8, 4) is 0 Å². The summed E-state index contributed by atoms with van der Waals surface area (Å²) in [5, 5.41) is 9.84. The Kier molecular flexibility index (Phi) is 8.11. The predicted octanol–water partition coefficient (Wildman–Crippen LogP) is 4.17. The molecule has 0 amide bonds. The van der Waals surface area contributed by atoms with Gasteiger partial charge in [0.05, 0.1) is 10.9 Å². The maximum atomic E-state index is 12.6. The Labute approximate surface area is 236 Å². The number of hydrogen-bond donors (Lipinski definition) is 2. The van der Waals surface area contributed by atoms with Crippen LogP contribution in [0, 0.1) is 6.92 Å². The molecular formula is C31H32N2O6S. The van der Waals surface area contributed by atoms with E-state index < -0.39 is 39.6 Å². The summed E-state index contributed by atoms with van der Waals surface area (Å²) in [6, 6.07) is 30.1. The molecule has 2 N–H and O–H groups in total. The van der Waals surface area contributed by atoms with Crippen LogP contribution >= 0.6 is 11.8 Å². The standard InChI is InChI=1S/C31H32N2O6S/c1-21-20-33(29(36)32-28(21)35)26-19-25(34)27(39-26)31(37-2,38-3)40-30(22-13-7-4-8-14-22,23-15-9-5-10-16-23)24-17-11-6-12-18-24/h4-18,20,25-27,34H,19H2,1-3H3,(H,32,35,36)/t25-,26+,27-/m0/s1. The Morgan fingerprint density at radius 1 is 0.875 bits per heavy atom. The number of aromatic nitrogens is 2. The number of H-pyrrole nitrogens is 1. The SMILES string of the molecule is COC(OC)(SC(c1ccccc1)(c1ccccc1)c1ccccc1)[C@H]1O[C@@H](n2cc(C)c(=O)[nH]c2=O)C[C@@H]1O. The predicted molar refractivity (Wildman–Crippen MR) is 154 cm³/mol. The number of benzene rings is 3. The molecule has 208 valence electrons. The number of hydrogen-bond acceptors (Lipinski definition) is 7. The zero-order valence-electron chi connectivity index (χ0n) is 22.5. The van der Waals surface area contributed by atoms with Crippen LogP contribution in [0.4, 0.5) is 0 Å². The minimum atomic E-state index is -1.52. The first-order valence-corrected chi connectivity index (χ1v) is 13.8. The second-order valence-corrected chi connectivity index (χ2v) is 11.1. The molecule has 1 aliphatic heterocycles. The molecule has 1 fully saturated rings. The van der Waals surface area contributed by atoms with Gasteiger partial charge in [-0.05, 0) is 23.6 Å². The van der Waals surface area contributed by atoms with Crippen LogP contribution in [-0.4, -0.2) is 46.2 Å². The Morgan fingerprint density at radius 3 is 1.80 bits per heavy atom. The minimum absolute atomic E-state index is 0.0973. The first kappa shape index (κ1) is 28.1. The van der Waals surface area contributed by atoms with E-state index in [1.807, 2.05) is 54.6 Å². The molecule has 2 heterocycles. The Morgan fingerprint density at radius 2 is 1.35 bits per heavy atom. The van der Waals surface area contributed by atoms with Crippen molar-refractivity contribution in [3.63, 3.8) is 0 Å². The first-order chi connectivity index (χ1) is 19.3. The van der Waals surface area contributed by atoms with E-state index in [0.29, 0.717) is 5.56 Å². The van der Waals surface area contributed by atoms with Crippen LogP contribution in [0.5, 0.6) is 0 Å². The van der Waals surface area contributed by atoms with E-state index in [9.17, 15) is 14.7 Å². The topological polar surface area (TPSA) is 103 Å². The van der Waals surface area contributed by atoms with Crippen LogP contribution in [0.25, 0.3) is 0 Å². The zero-order chi connectivity index (χ0) is 28.3. The molecule has 8 nitrogen and oxygen atoms in total. The largest absolute Gasteiger partial charge is 0.390 e. The Hall–Kier alpha value is -3.47. The molecular weight excluding hydrogens is 528 g/mol. The van der Waals surface area contributed by atoms with Crippen LogP contribution in [-0.2, 0) is 19.0 Å². The number of aryl methyl sites for hydroxylation is 1. The van der Waals surface area contributed by atoms with E-state index in [1.54, 1.807) is 6.92 Å². The fraction of sp³-hybridized carbons (Fsp3) is 0.290. The van der Waals surface area contributed by atoms with Crippen LogP contribution in [0.3, 0.4) is 0 Å². The lowest BCUT2D eigenvalue weighted by atomic mass is 9.84. The molecule has 1 saturated heterocycles. The van der Waals surface area contributed by atoms with E-state index >= 15 is 0 Å². The number of nitrogens with one attached hydrogen (secondary N) is 1. The molecule has 0 spiro atoms. The van der Waals surface area contributed by atoms with Gasteiger partial charge in [0.2, 0.25) is 5.12 Å². The Bertz CT molecular complexity index is 1440. The highest BCUT2D eigenvalue weighted by atomic mass is 32.2. The number of nitrogens with zero attached hydrogens (tertiary/aromatic N) is 1. The maximum Gasteiger partial charge on any atom is 0.330 e. The summed E-state index contributed by atoms with van der Waals surface area (Å²) in [4.78, 5) is 26.9. The molecule has 0 saturated carbocycles. The average molecular weight is 561 g/mol. The van der Waals surface area contributed by atoms with Crippen molar-refractivity contribution in [2.75, 3.05) is 14.2 Å². The van der Waals surface area contributed by atoms with E-state index in [0.717, 1.165) is 16.7 Å². The summed E-state index contributed by atoms with van der Waals surface area (Å²) in [5.41, 5.74) is 2.21. The number of ether oxygens (including phenoxy) is 3. The van der Waals surface area contributed by atoms with Crippen molar-refractivity contribution >= 4 is 11.8 Å².